The maximum Gasteiger partial charge on any atom is 0.178 e. The third kappa shape index (κ3) is 1.52. The molecule has 2 aromatic rings. The van der Waals surface area contributed by atoms with Crippen LogP contribution < -0.4 is 5.73 Å². The number of aromatic nitrogens is 3. The summed E-state index contributed by atoms with van der Waals surface area (Å²) >= 11 is 1.57. The van der Waals surface area contributed by atoms with E-state index in [1.807, 2.05) is 18.4 Å². The number of nitrogens with two attached hydrogens (primary N) is 1. The summed E-state index contributed by atoms with van der Waals surface area (Å²) < 4.78 is 0. The fourth-order valence-electron chi connectivity index (χ4n) is 1.12. The highest BCUT2D eigenvalue weighted by atomic mass is 32.2. The molecule has 2 aromatic heterocycles. The average Bonchev–Trinajstić information content (AvgIpc) is 2.58. The second-order valence-electron chi connectivity index (χ2n) is 2.62. The Morgan fingerprint density at radius 3 is 3.00 bits per heavy atom. The number of imidazole rings is 1. The van der Waals surface area contributed by atoms with E-state index < -0.39 is 0 Å². The van der Waals surface area contributed by atoms with Gasteiger partial charge in [0.1, 0.15) is 0 Å². The van der Waals surface area contributed by atoms with Gasteiger partial charge in [-0.05, 0) is 18.4 Å². The summed E-state index contributed by atoms with van der Waals surface area (Å²) in [6.45, 7) is 0.456. The first kappa shape index (κ1) is 8.52. The van der Waals surface area contributed by atoms with E-state index in [1.54, 1.807) is 11.8 Å². The van der Waals surface area contributed by atoms with Gasteiger partial charge in [0, 0.05) is 6.54 Å². The standard InChI is InChI=1S/C8H10N4S/c1-13-8-11-6-3-2-5(4-9)10-7(6)12-8/h2-3H,4,9H2,1H3,(H,10,11,12). The van der Waals surface area contributed by atoms with Gasteiger partial charge in [0.2, 0.25) is 0 Å². The highest BCUT2D eigenvalue weighted by Gasteiger charge is 2.02. The molecule has 0 aliphatic rings. The van der Waals surface area contributed by atoms with Gasteiger partial charge >= 0.3 is 0 Å². The Hall–Kier alpha value is -1.07. The van der Waals surface area contributed by atoms with Crippen LogP contribution in [0.4, 0.5) is 0 Å². The van der Waals surface area contributed by atoms with Crippen LogP contribution >= 0.6 is 11.8 Å². The summed E-state index contributed by atoms with van der Waals surface area (Å²) in [4.78, 5) is 11.7. The van der Waals surface area contributed by atoms with E-state index >= 15 is 0 Å². The Labute approximate surface area is 80.0 Å². The van der Waals surface area contributed by atoms with Crippen molar-refractivity contribution in [1.82, 2.24) is 15.0 Å². The molecule has 0 fully saturated rings. The summed E-state index contributed by atoms with van der Waals surface area (Å²) in [5.41, 5.74) is 8.04. The van der Waals surface area contributed by atoms with Crippen LogP contribution in [0.1, 0.15) is 5.69 Å². The second-order valence-corrected chi connectivity index (χ2v) is 3.42. The molecule has 5 heteroatoms. The zero-order valence-electron chi connectivity index (χ0n) is 7.24. The van der Waals surface area contributed by atoms with Gasteiger partial charge < -0.3 is 10.7 Å². The van der Waals surface area contributed by atoms with Crippen LogP contribution in [0.3, 0.4) is 0 Å². The second kappa shape index (κ2) is 3.35. The molecule has 0 radical (unpaired) electrons. The van der Waals surface area contributed by atoms with E-state index in [0.717, 1.165) is 22.0 Å². The van der Waals surface area contributed by atoms with Crippen molar-refractivity contribution in [2.75, 3.05) is 6.26 Å². The normalized spacial score (nSPS) is 10.9. The van der Waals surface area contributed by atoms with Crippen molar-refractivity contribution < 1.29 is 0 Å². The Kier molecular flexibility index (Phi) is 2.20. The number of fused-ring (bicyclic) bond motifs is 1. The topological polar surface area (TPSA) is 67.6 Å². The number of H-pyrrole nitrogens is 1. The molecule has 0 unspecified atom stereocenters. The van der Waals surface area contributed by atoms with Gasteiger partial charge in [-0.25, -0.2) is 9.97 Å². The molecule has 68 valence electrons. The Morgan fingerprint density at radius 2 is 2.31 bits per heavy atom. The fraction of sp³-hybridized carbons (Fsp3) is 0.250. The van der Waals surface area contributed by atoms with E-state index in [0.29, 0.717) is 6.54 Å². The number of hydrogen-bond donors (Lipinski definition) is 2. The van der Waals surface area contributed by atoms with E-state index in [1.165, 1.54) is 0 Å². The van der Waals surface area contributed by atoms with E-state index in [2.05, 4.69) is 15.0 Å². The Bertz CT molecular complexity index is 421. The molecule has 4 nitrogen and oxygen atoms in total. The third-order valence-electron chi connectivity index (χ3n) is 1.78. The molecule has 0 aromatic carbocycles. The molecule has 0 aliphatic heterocycles. The van der Waals surface area contributed by atoms with Gasteiger partial charge in [0.05, 0.1) is 11.2 Å². The van der Waals surface area contributed by atoms with Crippen LogP contribution in [0, 0.1) is 0 Å². The molecule has 3 N–H and O–H groups in total. The van der Waals surface area contributed by atoms with Crippen LogP contribution in [0.25, 0.3) is 11.2 Å². The van der Waals surface area contributed by atoms with E-state index in [-0.39, 0.29) is 0 Å². The maximum absolute atomic E-state index is 5.47. The lowest BCUT2D eigenvalue weighted by Crippen LogP contribution is -1.98. The maximum atomic E-state index is 5.47. The number of pyridine rings is 1. The molecular formula is C8H10N4S. The summed E-state index contributed by atoms with van der Waals surface area (Å²) in [7, 11) is 0. The first-order valence-electron chi connectivity index (χ1n) is 3.93. The van der Waals surface area contributed by atoms with Crippen molar-refractivity contribution in [3.63, 3.8) is 0 Å². The fourth-order valence-corrected chi connectivity index (χ4v) is 1.51. The predicted octanol–water partition coefficient (Wildman–Crippen LogP) is 1.14. The minimum absolute atomic E-state index is 0.456. The zero-order valence-corrected chi connectivity index (χ0v) is 8.06. The van der Waals surface area contributed by atoms with Crippen LogP contribution in [0.15, 0.2) is 17.3 Å². The molecule has 0 spiro atoms. The van der Waals surface area contributed by atoms with Crippen molar-refractivity contribution >= 4 is 22.9 Å². The highest BCUT2D eigenvalue weighted by Crippen LogP contribution is 2.15. The highest BCUT2D eigenvalue weighted by molar-refractivity contribution is 7.98. The molecule has 0 saturated carbocycles. The lowest BCUT2D eigenvalue weighted by Gasteiger charge is -1.92. The Morgan fingerprint density at radius 1 is 1.46 bits per heavy atom. The molecule has 0 bridgehead atoms. The smallest absolute Gasteiger partial charge is 0.178 e. The molecule has 2 rings (SSSR count). The molecule has 0 atom stereocenters. The number of nitrogens with one attached hydrogen (secondary N) is 1. The van der Waals surface area contributed by atoms with E-state index in [4.69, 9.17) is 5.73 Å². The van der Waals surface area contributed by atoms with Crippen molar-refractivity contribution in [1.29, 1.82) is 0 Å². The molecule has 0 aliphatic carbocycles. The quantitative estimate of drug-likeness (QED) is 0.703. The number of nitrogens with zero attached hydrogens (tertiary/aromatic N) is 2. The third-order valence-corrected chi connectivity index (χ3v) is 2.36. The van der Waals surface area contributed by atoms with Gasteiger partial charge in [-0.15, -0.1) is 0 Å². The summed E-state index contributed by atoms with van der Waals surface area (Å²) in [6.07, 6.45) is 1.97. The van der Waals surface area contributed by atoms with Gasteiger partial charge in [-0.2, -0.15) is 0 Å². The lowest BCUT2D eigenvalue weighted by molar-refractivity contribution is 0.997. The molecule has 0 amide bonds. The number of aromatic amines is 1. The molecule has 2 heterocycles. The minimum Gasteiger partial charge on any atom is -0.332 e. The zero-order chi connectivity index (χ0) is 9.26. The summed E-state index contributed by atoms with van der Waals surface area (Å²) in [5, 5.41) is 0.886. The number of rotatable bonds is 2. The number of thioether (sulfide) groups is 1. The lowest BCUT2D eigenvalue weighted by atomic mass is 10.3. The summed E-state index contributed by atoms with van der Waals surface area (Å²) in [6, 6.07) is 3.86. The van der Waals surface area contributed by atoms with Crippen LogP contribution in [0.5, 0.6) is 0 Å². The molecule has 13 heavy (non-hydrogen) atoms. The average molecular weight is 194 g/mol. The van der Waals surface area contributed by atoms with Crippen molar-refractivity contribution in [2.24, 2.45) is 5.73 Å². The Balaban J connectivity index is 2.57. The first-order chi connectivity index (χ1) is 6.33. The minimum atomic E-state index is 0.456. The molecule has 0 saturated heterocycles. The van der Waals surface area contributed by atoms with Crippen molar-refractivity contribution in [2.45, 2.75) is 11.7 Å². The van der Waals surface area contributed by atoms with Gasteiger partial charge in [-0.1, -0.05) is 11.8 Å². The van der Waals surface area contributed by atoms with Crippen LogP contribution in [0.2, 0.25) is 0 Å². The first-order valence-corrected chi connectivity index (χ1v) is 5.15. The van der Waals surface area contributed by atoms with Gasteiger partial charge in [0.15, 0.2) is 10.8 Å². The summed E-state index contributed by atoms with van der Waals surface area (Å²) in [5.74, 6) is 0. The predicted molar refractivity (Wildman–Crippen MR) is 53.6 cm³/mol. The van der Waals surface area contributed by atoms with E-state index in [9.17, 15) is 0 Å². The van der Waals surface area contributed by atoms with Crippen LogP contribution in [-0.2, 0) is 6.54 Å². The van der Waals surface area contributed by atoms with Gasteiger partial charge in [0.25, 0.3) is 0 Å². The van der Waals surface area contributed by atoms with Crippen molar-refractivity contribution in [3.05, 3.63) is 17.8 Å². The van der Waals surface area contributed by atoms with Crippen LogP contribution in [-0.4, -0.2) is 21.2 Å². The number of hydrogen-bond acceptors (Lipinski definition) is 4. The monoisotopic (exact) mass is 194 g/mol. The van der Waals surface area contributed by atoms with Gasteiger partial charge in [-0.3, -0.25) is 0 Å². The SMILES string of the molecule is CSc1nc2nc(CN)ccc2[nH]1. The molecular weight excluding hydrogens is 184 g/mol. The van der Waals surface area contributed by atoms with Crippen molar-refractivity contribution in [3.8, 4) is 0 Å². The largest absolute Gasteiger partial charge is 0.332 e.